The molecule has 1 aliphatic heterocycles. The molecule has 2 aromatic carbocycles. The molecule has 0 bridgehead atoms. The van der Waals surface area contributed by atoms with Gasteiger partial charge in [-0.3, -0.25) is 4.79 Å². The standard InChI is InChI=1S/C21H26N2O4S/c1-2-27-20-13-7-6-9-17(20)15-22-21(24)18-10-8-14-23(16-18)28(25,26)19-11-4-3-5-12-19/h3-7,9,11-13,18H,2,8,10,14-16H2,1H3,(H,22,24)/t18-/m0/s1. The number of hydrogen-bond donors (Lipinski definition) is 1. The zero-order chi connectivity index (χ0) is 20.0. The molecule has 0 aliphatic carbocycles. The SMILES string of the molecule is CCOc1ccccc1CNC(=O)[C@H]1CCCN(S(=O)(=O)c2ccccc2)C1. The molecule has 7 heteroatoms. The zero-order valence-corrected chi connectivity index (χ0v) is 16.8. The quantitative estimate of drug-likeness (QED) is 0.773. The Balaban J connectivity index is 1.64. The van der Waals surface area contributed by atoms with Gasteiger partial charge in [-0.2, -0.15) is 4.31 Å². The summed E-state index contributed by atoms with van der Waals surface area (Å²) >= 11 is 0. The molecule has 1 heterocycles. The second-order valence-electron chi connectivity index (χ2n) is 6.77. The second kappa shape index (κ2) is 9.21. The summed E-state index contributed by atoms with van der Waals surface area (Å²) in [7, 11) is -3.58. The third kappa shape index (κ3) is 4.72. The summed E-state index contributed by atoms with van der Waals surface area (Å²) in [5.41, 5.74) is 0.905. The van der Waals surface area contributed by atoms with Gasteiger partial charge in [0, 0.05) is 25.2 Å². The van der Waals surface area contributed by atoms with Crippen LogP contribution in [0, 0.1) is 5.92 Å². The number of nitrogens with zero attached hydrogens (tertiary/aromatic N) is 1. The molecule has 1 atom stereocenters. The van der Waals surface area contributed by atoms with Crippen molar-refractivity contribution in [1.82, 2.24) is 9.62 Å². The van der Waals surface area contributed by atoms with Crippen LogP contribution in [0.4, 0.5) is 0 Å². The molecule has 0 unspecified atom stereocenters. The molecule has 1 fully saturated rings. The fourth-order valence-electron chi connectivity index (χ4n) is 3.39. The average molecular weight is 403 g/mol. The van der Waals surface area contributed by atoms with E-state index in [1.54, 1.807) is 30.3 Å². The summed E-state index contributed by atoms with van der Waals surface area (Å²) < 4.78 is 32.7. The van der Waals surface area contributed by atoms with Gasteiger partial charge in [0.1, 0.15) is 5.75 Å². The summed E-state index contributed by atoms with van der Waals surface area (Å²) in [6.45, 7) is 3.47. The third-order valence-electron chi connectivity index (χ3n) is 4.86. The maximum Gasteiger partial charge on any atom is 0.243 e. The lowest BCUT2D eigenvalue weighted by Gasteiger charge is -2.31. The van der Waals surface area contributed by atoms with Gasteiger partial charge in [0.2, 0.25) is 15.9 Å². The molecule has 2 aromatic rings. The van der Waals surface area contributed by atoms with Crippen molar-refractivity contribution in [1.29, 1.82) is 0 Å². The number of carbonyl (C=O) groups excluding carboxylic acids is 1. The van der Waals surface area contributed by atoms with E-state index in [1.807, 2.05) is 31.2 Å². The van der Waals surface area contributed by atoms with Crippen molar-refractivity contribution >= 4 is 15.9 Å². The highest BCUT2D eigenvalue weighted by atomic mass is 32.2. The number of hydrogen-bond acceptors (Lipinski definition) is 4. The minimum absolute atomic E-state index is 0.126. The monoisotopic (exact) mass is 402 g/mol. The maximum absolute atomic E-state index is 12.8. The normalized spacial score (nSPS) is 17.8. The molecule has 1 amide bonds. The van der Waals surface area contributed by atoms with Gasteiger partial charge in [-0.1, -0.05) is 36.4 Å². The number of para-hydroxylation sites is 1. The Morgan fingerprint density at radius 3 is 2.61 bits per heavy atom. The summed E-state index contributed by atoms with van der Waals surface area (Å²) in [6.07, 6.45) is 1.35. The van der Waals surface area contributed by atoms with Gasteiger partial charge in [0.25, 0.3) is 0 Å². The number of benzene rings is 2. The topological polar surface area (TPSA) is 75.7 Å². The predicted molar refractivity (Wildman–Crippen MR) is 107 cm³/mol. The van der Waals surface area contributed by atoms with Gasteiger partial charge in [-0.25, -0.2) is 8.42 Å². The van der Waals surface area contributed by atoms with Gasteiger partial charge >= 0.3 is 0 Å². The van der Waals surface area contributed by atoms with Crippen molar-refractivity contribution in [3.63, 3.8) is 0 Å². The predicted octanol–water partition coefficient (Wildman–Crippen LogP) is 2.80. The van der Waals surface area contributed by atoms with E-state index in [4.69, 9.17) is 4.74 Å². The molecule has 1 N–H and O–H groups in total. The Labute approximate surface area is 166 Å². The highest BCUT2D eigenvalue weighted by Crippen LogP contribution is 2.24. The van der Waals surface area contributed by atoms with Crippen molar-refractivity contribution in [3.05, 3.63) is 60.2 Å². The minimum atomic E-state index is -3.58. The van der Waals surface area contributed by atoms with E-state index in [-0.39, 0.29) is 23.3 Å². The van der Waals surface area contributed by atoms with Crippen LogP contribution in [0.25, 0.3) is 0 Å². The number of ether oxygens (including phenoxy) is 1. The lowest BCUT2D eigenvalue weighted by molar-refractivity contribution is -0.126. The molecule has 0 saturated carbocycles. The van der Waals surface area contributed by atoms with Crippen LogP contribution in [0.1, 0.15) is 25.3 Å². The molecule has 0 radical (unpaired) electrons. The van der Waals surface area contributed by atoms with E-state index >= 15 is 0 Å². The minimum Gasteiger partial charge on any atom is -0.494 e. The van der Waals surface area contributed by atoms with Crippen LogP contribution < -0.4 is 10.1 Å². The van der Waals surface area contributed by atoms with Crippen LogP contribution in [0.15, 0.2) is 59.5 Å². The van der Waals surface area contributed by atoms with E-state index in [0.29, 0.717) is 32.5 Å². The first-order valence-electron chi connectivity index (χ1n) is 9.56. The average Bonchev–Trinajstić information content (AvgIpc) is 2.74. The second-order valence-corrected chi connectivity index (χ2v) is 8.71. The van der Waals surface area contributed by atoms with E-state index in [9.17, 15) is 13.2 Å². The molecule has 0 spiro atoms. The Hall–Kier alpha value is -2.38. The van der Waals surface area contributed by atoms with Crippen molar-refractivity contribution in [3.8, 4) is 5.75 Å². The Morgan fingerprint density at radius 1 is 1.14 bits per heavy atom. The van der Waals surface area contributed by atoms with E-state index < -0.39 is 10.0 Å². The van der Waals surface area contributed by atoms with Crippen LogP contribution in [-0.2, 0) is 21.4 Å². The van der Waals surface area contributed by atoms with Gasteiger partial charge in [0.15, 0.2) is 0 Å². The van der Waals surface area contributed by atoms with Gasteiger partial charge in [-0.05, 0) is 38.0 Å². The Bertz CT molecular complexity index is 900. The van der Waals surface area contributed by atoms with Crippen LogP contribution in [0.2, 0.25) is 0 Å². The molecule has 1 saturated heterocycles. The number of sulfonamides is 1. The van der Waals surface area contributed by atoms with Crippen molar-refractivity contribution < 1.29 is 17.9 Å². The number of rotatable bonds is 7. The first-order valence-corrected chi connectivity index (χ1v) is 11.0. The lowest BCUT2D eigenvalue weighted by Crippen LogP contribution is -2.45. The molecular weight excluding hydrogens is 376 g/mol. The smallest absolute Gasteiger partial charge is 0.243 e. The third-order valence-corrected chi connectivity index (χ3v) is 6.74. The van der Waals surface area contributed by atoms with Gasteiger partial charge in [-0.15, -0.1) is 0 Å². The van der Waals surface area contributed by atoms with Crippen molar-refractivity contribution in [2.45, 2.75) is 31.2 Å². The first-order chi connectivity index (χ1) is 13.5. The Morgan fingerprint density at radius 2 is 1.86 bits per heavy atom. The van der Waals surface area contributed by atoms with Crippen LogP contribution in [0.5, 0.6) is 5.75 Å². The fourth-order valence-corrected chi connectivity index (χ4v) is 4.93. The highest BCUT2D eigenvalue weighted by molar-refractivity contribution is 7.89. The molecule has 28 heavy (non-hydrogen) atoms. The number of amides is 1. The van der Waals surface area contributed by atoms with E-state index in [0.717, 1.165) is 11.3 Å². The molecule has 150 valence electrons. The molecule has 1 aliphatic rings. The number of nitrogens with one attached hydrogen (secondary N) is 1. The Kier molecular flexibility index (Phi) is 6.70. The molecule has 6 nitrogen and oxygen atoms in total. The number of carbonyl (C=O) groups is 1. The summed E-state index contributed by atoms with van der Waals surface area (Å²) in [5.74, 6) is 0.271. The van der Waals surface area contributed by atoms with Crippen LogP contribution in [-0.4, -0.2) is 38.3 Å². The summed E-state index contributed by atoms with van der Waals surface area (Å²) in [6, 6.07) is 16.0. The summed E-state index contributed by atoms with van der Waals surface area (Å²) in [5, 5.41) is 2.94. The van der Waals surface area contributed by atoms with Gasteiger partial charge < -0.3 is 10.1 Å². The summed E-state index contributed by atoms with van der Waals surface area (Å²) in [4.78, 5) is 12.9. The van der Waals surface area contributed by atoms with Crippen molar-refractivity contribution in [2.24, 2.45) is 5.92 Å². The van der Waals surface area contributed by atoms with Crippen LogP contribution in [0.3, 0.4) is 0 Å². The fraction of sp³-hybridized carbons (Fsp3) is 0.381. The largest absolute Gasteiger partial charge is 0.494 e. The molecule has 0 aromatic heterocycles. The van der Waals surface area contributed by atoms with E-state index in [2.05, 4.69) is 5.32 Å². The molecule has 3 rings (SSSR count). The lowest BCUT2D eigenvalue weighted by atomic mass is 9.98. The zero-order valence-electron chi connectivity index (χ0n) is 16.0. The van der Waals surface area contributed by atoms with E-state index in [1.165, 1.54) is 4.31 Å². The maximum atomic E-state index is 12.8. The van der Waals surface area contributed by atoms with Crippen LogP contribution >= 0.6 is 0 Å². The highest BCUT2D eigenvalue weighted by Gasteiger charge is 2.33. The van der Waals surface area contributed by atoms with Gasteiger partial charge in [0.05, 0.1) is 17.4 Å². The first kappa shape index (κ1) is 20.4. The molecular formula is C21H26N2O4S. The number of piperidine rings is 1. The van der Waals surface area contributed by atoms with Crippen molar-refractivity contribution in [2.75, 3.05) is 19.7 Å².